The van der Waals surface area contributed by atoms with Gasteiger partial charge in [-0.2, -0.15) is 5.26 Å². The second-order valence-corrected chi connectivity index (χ2v) is 6.50. The summed E-state index contributed by atoms with van der Waals surface area (Å²) in [6, 6.07) is 17.7. The number of carbonyl (C=O) groups is 2. The summed E-state index contributed by atoms with van der Waals surface area (Å²) >= 11 is 0. The number of carbonyl (C=O) groups excluding carboxylic acids is 2. The van der Waals surface area contributed by atoms with E-state index in [4.69, 9.17) is 9.47 Å². The van der Waals surface area contributed by atoms with Gasteiger partial charge < -0.3 is 14.8 Å². The van der Waals surface area contributed by atoms with Crippen LogP contribution in [0.4, 0.5) is 0 Å². The quantitative estimate of drug-likeness (QED) is 0.755. The maximum absolute atomic E-state index is 12.4. The van der Waals surface area contributed by atoms with E-state index in [9.17, 15) is 14.9 Å². The number of nitrogens with one attached hydrogen (secondary N) is 1. The smallest absolute Gasteiger partial charge is 0.342 e. The predicted molar refractivity (Wildman–Crippen MR) is 100 cm³/mol. The second-order valence-electron chi connectivity index (χ2n) is 6.50. The van der Waals surface area contributed by atoms with E-state index in [0.29, 0.717) is 11.5 Å². The monoisotopic (exact) mass is 366 g/mol. The van der Waals surface area contributed by atoms with E-state index in [0.717, 1.165) is 0 Å². The molecular weight excluding hydrogens is 344 g/mol. The van der Waals surface area contributed by atoms with Crippen LogP contribution in [0.25, 0.3) is 0 Å². The third kappa shape index (κ3) is 5.32. The van der Waals surface area contributed by atoms with Crippen molar-refractivity contribution < 1.29 is 19.1 Å². The minimum Gasteiger partial charge on any atom is -0.456 e. The molecule has 6 nitrogen and oxygen atoms in total. The molecule has 6 heteroatoms. The Kier molecular flexibility index (Phi) is 6.56. The van der Waals surface area contributed by atoms with Crippen molar-refractivity contribution in [2.75, 3.05) is 6.61 Å². The molecule has 0 radical (unpaired) electrons. The van der Waals surface area contributed by atoms with E-state index in [-0.39, 0.29) is 11.5 Å². The topological polar surface area (TPSA) is 88.4 Å². The van der Waals surface area contributed by atoms with E-state index in [1.165, 1.54) is 0 Å². The van der Waals surface area contributed by atoms with Crippen LogP contribution in [-0.4, -0.2) is 24.0 Å². The summed E-state index contributed by atoms with van der Waals surface area (Å²) in [6.45, 7) is 4.79. The Balaban J connectivity index is 2.02. The van der Waals surface area contributed by atoms with Crippen molar-refractivity contribution in [3.63, 3.8) is 0 Å². The third-order valence-electron chi connectivity index (χ3n) is 4.20. The molecule has 0 aliphatic rings. The Morgan fingerprint density at radius 2 is 1.74 bits per heavy atom. The van der Waals surface area contributed by atoms with Gasteiger partial charge in [0.1, 0.15) is 22.6 Å². The van der Waals surface area contributed by atoms with Crippen LogP contribution in [-0.2, 0) is 9.53 Å². The highest BCUT2D eigenvalue weighted by Crippen LogP contribution is 2.25. The van der Waals surface area contributed by atoms with Crippen LogP contribution >= 0.6 is 0 Å². The molecule has 0 spiro atoms. The number of nitriles is 1. The molecule has 1 N–H and O–H groups in total. The molecule has 0 aliphatic heterocycles. The summed E-state index contributed by atoms with van der Waals surface area (Å²) in [5, 5.41) is 11.8. The molecule has 1 amide bonds. The van der Waals surface area contributed by atoms with Crippen molar-refractivity contribution in [1.82, 2.24) is 5.32 Å². The van der Waals surface area contributed by atoms with Gasteiger partial charge in [-0.3, -0.25) is 4.79 Å². The lowest BCUT2D eigenvalue weighted by Crippen LogP contribution is -2.50. The lowest BCUT2D eigenvalue weighted by atomic mass is 9.90. The Morgan fingerprint density at radius 3 is 2.37 bits per heavy atom. The Morgan fingerprint density at radius 1 is 1.11 bits per heavy atom. The average Bonchev–Trinajstić information content (AvgIpc) is 2.67. The van der Waals surface area contributed by atoms with Crippen LogP contribution in [0.2, 0.25) is 0 Å². The van der Waals surface area contributed by atoms with Crippen LogP contribution in [0.1, 0.15) is 31.1 Å². The lowest BCUT2D eigenvalue weighted by molar-refractivity contribution is -0.125. The molecule has 0 bridgehead atoms. The summed E-state index contributed by atoms with van der Waals surface area (Å²) in [5.74, 6) is -0.403. The summed E-state index contributed by atoms with van der Waals surface area (Å²) in [4.78, 5) is 24.4. The summed E-state index contributed by atoms with van der Waals surface area (Å²) < 4.78 is 10.8. The molecule has 0 fully saturated rings. The first-order valence-corrected chi connectivity index (χ1v) is 8.57. The first-order chi connectivity index (χ1) is 12.9. The Bertz CT molecular complexity index is 843. The molecule has 0 unspecified atom stereocenters. The van der Waals surface area contributed by atoms with Crippen molar-refractivity contribution in [1.29, 1.82) is 5.26 Å². The first kappa shape index (κ1) is 20.0. The minimum absolute atomic E-state index is 0.0952. The van der Waals surface area contributed by atoms with E-state index in [1.54, 1.807) is 43.3 Å². The Labute approximate surface area is 158 Å². The second kappa shape index (κ2) is 8.86. The molecular formula is C21H22N2O4. The molecule has 2 aromatic rings. The summed E-state index contributed by atoms with van der Waals surface area (Å²) in [5.41, 5.74) is -0.821. The van der Waals surface area contributed by atoms with Gasteiger partial charge in [-0.1, -0.05) is 44.2 Å². The molecule has 27 heavy (non-hydrogen) atoms. The summed E-state index contributed by atoms with van der Waals surface area (Å²) in [6.07, 6.45) is 0. The molecule has 0 heterocycles. The van der Waals surface area contributed by atoms with Crippen molar-refractivity contribution in [2.24, 2.45) is 5.92 Å². The van der Waals surface area contributed by atoms with Crippen LogP contribution in [0.5, 0.6) is 11.5 Å². The zero-order valence-corrected chi connectivity index (χ0v) is 15.6. The van der Waals surface area contributed by atoms with Gasteiger partial charge in [-0.05, 0) is 37.1 Å². The fourth-order valence-electron chi connectivity index (χ4n) is 2.18. The van der Waals surface area contributed by atoms with Crippen LogP contribution in [0, 0.1) is 17.2 Å². The highest BCUT2D eigenvalue weighted by Gasteiger charge is 2.30. The van der Waals surface area contributed by atoms with Gasteiger partial charge in [-0.25, -0.2) is 4.79 Å². The van der Waals surface area contributed by atoms with E-state index in [2.05, 4.69) is 11.4 Å². The van der Waals surface area contributed by atoms with Gasteiger partial charge in [0.2, 0.25) is 0 Å². The van der Waals surface area contributed by atoms with E-state index >= 15 is 0 Å². The number of para-hydroxylation sites is 2. The zero-order valence-electron chi connectivity index (χ0n) is 15.6. The van der Waals surface area contributed by atoms with Gasteiger partial charge >= 0.3 is 5.97 Å². The normalized spacial score (nSPS) is 12.6. The van der Waals surface area contributed by atoms with Gasteiger partial charge in [0.25, 0.3) is 5.91 Å². The fraction of sp³-hybridized carbons (Fsp3) is 0.286. The number of esters is 1. The molecule has 2 rings (SSSR count). The first-order valence-electron chi connectivity index (χ1n) is 8.57. The highest BCUT2D eigenvalue weighted by molar-refractivity contribution is 5.94. The van der Waals surface area contributed by atoms with Gasteiger partial charge in [-0.15, -0.1) is 0 Å². The van der Waals surface area contributed by atoms with Crippen LogP contribution in [0.3, 0.4) is 0 Å². The number of amides is 1. The van der Waals surface area contributed by atoms with Gasteiger partial charge in [0.05, 0.1) is 6.07 Å². The van der Waals surface area contributed by atoms with Crippen molar-refractivity contribution in [3.05, 3.63) is 60.2 Å². The third-order valence-corrected chi connectivity index (χ3v) is 4.20. The van der Waals surface area contributed by atoms with Crippen LogP contribution < -0.4 is 10.1 Å². The van der Waals surface area contributed by atoms with E-state index in [1.807, 2.05) is 32.0 Å². The van der Waals surface area contributed by atoms with Crippen LogP contribution in [0.15, 0.2) is 54.6 Å². The number of benzene rings is 2. The van der Waals surface area contributed by atoms with Crippen molar-refractivity contribution >= 4 is 11.9 Å². The number of ether oxygens (including phenoxy) is 2. The van der Waals surface area contributed by atoms with Gasteiger partial charge in [0, 0.05) is 0 Å². The standard InChI is InChI=1S/C21H22N2O4/c1-15(2)21(3,14-22)23-19(24)13-26-20(25)17-11-7-8-12-18(17)27-16-9-5-4-6-10-16/h4-12,15H,13H2,1-3H3,(H,23,24)/t21-/m0/s1. The lowest BCUT2D eigenvalue weighted by Gasteiger charge is -2.27. The molecule has 0 aromatic heterocycles. The number of rotatable bonds is 7. The fourth-order valence-corrected chi connectivity index (χ4v) is 2.18. The van der Waals surface area contributed by atoms with Crippen molar-refractivity contribution in [2.45, 2.75) is 26.3 Å². The molecule has 2 aromatic carbocycles. The average molecular weight is 366 g/mol. The predicted octanol–water partition coefficient (Wildman–Crippen LogP) is 3.69. The SMILES string of the molecule is CC(C)[C@](C)(C#N)NC(=O)COC(=O)c1ccccc1Oc1ccccc1. The number of nitrogens with zero attached hydrogens (tertiary/aromatic N) is 1. The largest absolute Gasteiger partial charge is 0.456 e. The molecule has 0 aliphatic carbocycles. The maximum atomic E-state index is 12.4. The zero-order chi connectivity index (χ0) is 19.9. The maximum Gasteiger partial charge on any atom is 0.342 e. The van der Waals surface area contributed by atoms with Gasteiger partial charge in [0.15, 0.2) is 6.61 Å². The Hall–Kier alpha value is -3.33. The summed E-state index contributed by atoms with van der Waals surface area (Å²) in [7, 11) is 0. The highest BCUT2D eigenvalue weighted by atomic mass is 16.5. The van der Waals surface area contributed by atoms with E-state index < -0.39 is 24.0 Å². The van der Waals surface area contributed by atoms with Crippen molar-refractivity contribution in [3.8, 4) is 17.6 Å². The number of hydrogen-bond acceptors (Lipinski definition) is 5. The minimum atomic E-state index is -1.03. The molecule has 1 atom stereocenters. The number of hydrogen-bond donors (Lipinski definition) is 1. The molecule has 0 saturated heterocycles. The molecule has 140 valence electrons. The molecule has 0 saturated carbocycles.